The SMILES string of the molecule is CC(C)CC1CCCN(C(=O)CC(C)C2CCNCC2)C1. The Labute approximate surface area is 130 Å². The average molecular weight is 294 g/mol. The molecule has 0 spiro atoms. The summed E-state index contributed by atoms with van der Waals surface area (Å²) in [5, 5.41) is 3.41. The lowest BCUT2D eigenvalue weighted by molar-refractivity contribution is -0.134. The van der Waals surface area contributed by atoms with E-state index in [4.69, 9.17) is 0 Å². The molecule has 0 radical (unpaired) electrons. The third-order valence-corrected chi connectivity index (χ3v) is 5.36. The highest BCUT2D eigenvalue weighted by Gasteiger charge is 2.27. The van der Waals surface area contributed by atoms with E-state index in [0.717, 1.165) is 50.4 Å². The second-order valence-electron chi connectivity index (χ2n) is 7.75. The lowest BCUT2D eigenvalue weighted by Gasteiger charge is -2.35. The molecule has 2 unspecified atom stereocenters. The Hall–Kier alpha value is -0.570. The molecule has 2 aliphatic rings. The Morgan fingerprint density at radius 1 is 1.19 bits per heavy atom. The van der Waals surface area contributed by atoms with Crippen molar-refractivity contribution in [3.8, 4) is 0 Å². The van der Waals surface area contributed by atoms with Crippen LogP contribution in [-0.4, -0.2) is 37.0 Å². The Bertz CT molecular complexity index is 323. The van der Waals surface area contributed by atoms with Gasteiger partial charge in [0.2, 0.25) is 5.91 Å². The van der Waals surface area contributed by atoms with Gasteiger partial charge in [-0.3, -0.25) is 4.79 Å². The van der Waals surface area contributed by atoms with E-state index in [0.29, 0.717) is 11.8 Å². The van der Waals surface area contributed by atoms with Crippen molar-refractivity contribution >= 4 is 5.91 Å². The van der Waals surface area contributed by atoms with Gasteiger partial charge in [0, 0.05) is 19.5 Å². The average Bonchev–Trinajstić information content (AvgIpc) is 2.47. The second kappa shape index (κ2) is 8.17. The topological polar surface area (TPSA) is 32.3 Å². The molecule has 3 nitrogen and oxygen atoms in total. The van der Waals surface area contributed by atoms with E-state index in [9.17, 15) is 4.79 Å². The summed E-state index contributed by atoms with van der Waals surface area (Å²) in [5.74, 6) is 3.18. The van der Waals surface area contributed by atoms with Crippen LogP contribution in [0.1, 0.15) is 59.3 Å². The van der Waals surface area contributed by atoms with E-state index in [1.54, 1.807) is 0 Å². The largest absolute Gasteiger partial charge is 0.342 e. The molecule has 2 rings (SSSR count). The molecule has 0 aromatic heterocycles. The lowest BCUT2D eigenvalue weighted by atomic mass is 9.83. The molecule has 0 saturated carbocycles. The van der Waals surface area contributed by atoms with Crippen LogP contribution < -0.4 is 5.32 Å². The van der Waals surface area contributed by atoms with Crippen LogP contribution in [0.4, 0.5) is 0 Å². The predicted octanol–water partition coefficient (Wildman–Crippen LogP) is 3.30. The van der Waals surface area contributed by atoms with E-state index in [2.05, 4.69) is 31.0 Å². The summed E-state index contributed by atoms with van der Waals surface area (Å²) in [5.41, 5.74) is 0. The Balaban J connectivity index is 1.78. The van der Waals surface area contributed by atoms with Crippen LogP contribution in [0.15, 0.2) is 0 Å². The van der Waals surface area contributed by atoms with Gasteiger partial charge in [-0.2, -0.15) is 0 Å². The number of carbonyl (C=O) groups excluding carboxylic acids is 1. The second-order valence-corrected chi connectivity index (χ2v) is 7.75. The number of piperidine rings is 2. The zero-order valence-corrected chi connectivity index (χ0v) is 14.2. The number of hydrogen-bond acceptors (Lipinski definition) is 2. The molecular weight excluding hydrogens is 260 g/mol. The summed E-state index contributed by atoms with van der Waals surface area (Å²) in [6.07, 6.45) is 7.03. The van der Waals surface area contributed by atoms with Crippen LogP contribution in [0.25, 0.3) is 0 Å². The Kier molecular flexibility index (Phi) is 6.53. The quantitative estimate of drug-likeness (QED) is 0.844. The molecule has 0 aromatic rings. The van der Waals surface area contributed by atoms with Gasteiger partial charge in [0.25, 0.3) is 0 Å². The third-order valence-electron chi connectivity index (χ3n) is 5.36. The van der Waals surface area contributed by atoms with Crippen molar-refractivity contribution in [2.75, 3.05) is 26.2 Å². The fourth-order valence-corrected chi connectivity index (χ4v) is 4.14. The van der Waals surface area contributed by atoms with Crippen molar-refractivity contribution in [3.05, 3.63) is 0 Å². The van der Waals surface area contributed by atoms with Crippen molar-refractivity contribution < 1.29 is 4.79 Å². The van der Waals surface area contributed by atoms with Gasteiger partial charge in [0.15, 0.2) is 0 Å². The minimum Gasteiger partial charge on any atom is -0.342 e. The summed E-state index contributed by atoms with van der Waals surface area (Å²) < 4.78 is 0. The van der Waals surface area contributed by atoms with Crippen molar-refractivity contribution in [2.45, 2.75) is 59.3 Å². The van der Waals surface area contributed by atoms with Crippen molar-refractivity contribution in [3.63, 3.8) is 0 Å². The summed E-state index contributed by atoms with van der Waals surface area (Å²) in [6.45, 7) is 11.1. The maximum absolute atomic E-state index is 12.6. The van der Waals surface area contributed by atoms with Crippen LogP contribution in [0.5, 0.6) is 0 Å². The minimum absolute atomic E-state index is 0.412. The smallest absolute Gasteiger partial charge is 0.222 e. The molecule has 2 fully saturated rings. The molecule has 2 aliphatic heterocycles. The number of hydrogen-bond donors (Lipinski definition) is 1. The number of likely N-dealkylation sites (tertiary alicyclic amines) is 1. The molecule has 2 saturated heterocycles. The number of amides is 1. The highest BCUT2D eigenvalue weighted by Crippen LogP contribution is 2.27. The fourth-order valence-electron chi connectivity index (χ4n) is 4.14. The number of nitrogens with zero attached hydrogens (tertiary/aromatic N) is 1. The van der Waals surface area contributed by atoms with Gasteiger partial charge in [0.1, 0.15) is 0 Å². The van der Waals surface area contributed by atoms with Crippen LogP contribution in [0.2, 0.25) is 0 Å². The Morgan fingerprint density at radius 2 is 1.90 bits per heavy atom. The first-order valence-corrected chi connectivity index (χ1v) is 9.04. The molecule has 1 N–H and O–H groups in total. The van der Waals surface area contributed by atoms with Gasteiger partial charge >= 0.3 is 0 Å². The minimum atomic E-state index is 0.412. The lowest BCUT2D eigenvalue weighted by Crippen LogP contribution is -2.41. The predicted molar refractivity (Wildman–Crippen MR) is 88.1 cm³/mol. The van der Waals surface area contributed by atoms with Gasteiger partial charge < -0.3 is 10.2 Å². The van der Waals surface area contributed by atoms with Crippen LogP contribution in [-0.2, 0) is 4.79 Å². The molecule has 2 heterocycles. The van der Waals surface area contributed by atoms with E-state index in [1.807, 2.05) is 0 Å². The normalized spacial score (nSPS) is 26.1. The fraction of sp³-hybridized carbons (Fsp3) is 0.944. The van der Waals surface area contributed by atoms with Crippen molar-refractivity contribution in [1.29, 1.82) is 0 Å². The number of rotatable bonds is 5. The van der Waals surface area contributed by atoms with Gasteiger partial charge in [-0.05, 0) is 68.9 Å². The van der Waals surface area contributed by atoms with Gasteiger partial charge in [-0.25, -0.2) is 0 Å². The first kappa shape index (κ1) is 16.8. The van der Waals surface area contributed by atoms with Gasteiger partial charge in [-0.1, -0.05) is 20.8 Å². The molecule has 3 heteroatoms. The highest BCUT2D eigenvalue weighted by atomic mass is 16.2. The monoisotopic (exact) mass is 294 g/mol. The van der Waals surface area contributed by atoms with Crippen LogP contribution in [0.3, 0.4) is 0 Å². The maximum Gasteiger partial charge on any atom is 0.222 e. The van der Waals surface area contributed by atoms with Crippen molar-refractivity contribution in [1.82, 2.24) is 10.2 Å². The van der Waals surface area contributed by atoms with Gasteiger partial charge in [-0.15, -0.1) is 0 Å². The van der Waals surface area contributed by atoms with Crippen LogP contribution >= 0.6 is 0 Å². The van der Waals surface area contributed by atoms with Crippen molar-refractivity contribution in [2.24, 2.45) is 23.7 Å². The maximum atomic E-state index is 12.6. The molecular formula is C18H34N2O. The zero-order valence-electron chi connectivity index (χ0n) is 14.2. The summed E-state index contributed by atoms with van der Waals surface area (Å²) in [7, 11) is 0. The zero-order chi connectivity index (χ0) is 15.2. The number of nitrogens with one attached hydrogen (secondary N) is 1. The first-order chi connectivity index (χ1) is 10.1. The molecule has 0 aromatic carbocycles. The molecule has 122 valence electrons. The standard InChI is InChI=1S/C18H34N2O/c1-14(2)11-16-5-4-10-20(13-16)18(21)12-15(3)17-6-8-19-9-7-17/h14-17,19H,4-13H2,1-3H3. The summed E-state index contributed by atoms with van der Waals surface area (Å²) in [6, 6.07) is 0. The molecule has 2 atom stereocenters. The summed E-state index contributed by atoms with van der Waals surface area (Å²) >= 11 is 0. The van der Waals surface area contributed by atoms with Gasteiger partial charge in [0.05, 0.1) is 0 Å². The van der Waals surface area contributed by atoms with E-state index >= 15 is 0 Å². The van der Waals surface area contributed by atoms with E-state index in [-0.39, 0.29) is 0 Å². The van der Waals surface area contributed by atoms with Crippen LogP contribution in [0, 0.1) is 23.7 Å². The number of carbonyl (C=O) groups is 1. The summed E-state index contributed by atoms with van der Waals surface area (Å²) in [4.78, 5) is 14.8. The first-order valence-electron chi connectivity index (χ1n) is 9.04. The van der Waals surface area contributed by atoms with E-state index in [1.165, 1.54) is 32.1 Å². The molecule has 1 amide bonds. The Morgan fingerprint density at radius 3 is 2.57 bits per heavy atom. The van der Waals surface area contributed by atoms with E-state index < -0.39 is 0 Å². The molecule has 21 heavy (non-hydrogen) atoms. The highest BCUT2D eigenvalue weighted by molar-refractivity contribution is 5.76. The molecule has 0 bridgehead atoms. The third kappa shape index (κ3) is 5.28. The molecule has 0 aliphatic carbocycles.